The van der Waals surface area contributed by atoms with Crippen LogP contribution in [0.25, 0.3) is 5.69 Å². The van der Waals surface area contributed by atoms with Gasteiger partial charge in [0.2, 0.25) is 0 Å². The molecule has 0 atom stereocenters. The van der Waals surface area contributed by atoms with Crippen LogP contribution in [0.1, 0.15) is 5.69 Å². The highest BCUT2D eigenvalue weighted by Crippen LogP contribution is 2.13. The zero-order valence-corrected chi connectivity index (χ0v) is 9.40. The normalized spacial score (nSPS) is 10.6. The van der Waals surface area contributed by atoms with Crippen LogP contribution in [0, 0.1) is 0 Å². The van der Waals surface area contributed by atoms with Crippen LogP contribution in [0.5, 0.6) is 0 Å². The standard InChI is InChI=1S/C14H13N3/c1-2-5-13(6-3-1)17-9-4-7-14(17)11-16-10-8-15-12-16/h1-10,12H,11H2. The summed E-state index contributed by atoms with van der Waals surface area (Å²) in [6.07, 6.45) is 7.70. The van der Waals surface area contributed by atoms with E-state index in [0.717, 1.165) is 6.54 Å². The van der Waals surface area contributed by atoms with Crippen molar-refractivity contribution in [1.29, 1.82) is 0 Å². The third-order valence-electron chi connectivity index (χ3n) is 2.77. The van der Waals surface area contributed by atoms with E-state index in [1.807, 2.05) is 18.6 Å². The van der Waals surface area contributed by atoms with Gasteiger partial charge in [0.25, 0.3) is 0 Å². The Bertz CT molecular complexity index is 579. The Labute approximate surface area is 100.0 Å². The van der Waals surface area contributed by atoms with Crippen molar-refractivity contribution < 1.29 is 0 Å². The first-order valence-electron chi connectivity index (χ1n) is 5.61. The molecule has 2 aromatic heterocycles. The molecule has 3 nitrogen and oxygen atoms in total. The molecule has 0 saturated heterocycles. The smallest absolute Gasteiger partial charge is 0.0949 e. The second kappa shape index (κ2) is 4.29. The SMILES string of the molecule is c1ccc(-n2cccc2Cn2ccnc2)cc1. The van der Waals surface area contributed by atoms with Crippen LogP contribution in [0.2, 0.25) is 0 Å². The van der Waals surface area contributed by atoms with Gasteiger partial charge >= 0.3 is 0 Å². The number of hydrogen-bond acceptors (Lipinski definition) is 1. The Hall–Kier alpha value is -2.29. The molecule has 0 aliphatic carbocycles. The van der Waals surface area contributed by atoms with E-state index in [0.29, 0.717) is 0 Å². The highest BCUT2D eigenvalue weighted by atomic mass is 15.1. The lowest BCUT2D eigenvalue weighted by atomic mass is 10.3. The summed E-state index contributed by atoms with van der Waals surface area (Å²) in [5, 5.41) is 0. The molecule has 0 fully saturated rings. The van der Waals surface area contributed by atoms with E-state index in [9.17, 15) is 0 Å². The maximum atomic E-state index is 4.06. The van der Waals surface area contributed by atoms with E-state index in [4.69, 9.17) is 0 Å². The van der Waals surface area contributed by atoms with E-state index in [1.165, 1.54) is 11.4 Å². The van der Waals surface area contributed by atoms with Gasteiger partial charge in [-0.25, -0.2) is 4.98 Å². The topological polar surface area (TPSA) is 22.8 Å². The van der Waals surface area contributed by atoms with Gasteiger partial charge in [0.05, 0.1) is 12.9 Å². The van der Waals surface area contributed by atoms with E-state index < -0.39 is 0 Å². The van der Waals surface area contributed by atoms with Crippen molar-refractivity contribution in [2.75, 3.05) is 0 Å². The monoisotopic (exact) mass is 223 g/mol. The van der Waals surface area contributed by atoms with Crippen molar-refractivity contribution >= 4 is 0 Å². The zero-order chi connectivity index (χ0) is 11.5. The fraction of sp³-hybridized carbons (Fsp3) is 0.0714. The lowest BCUT2D eigenvalue weighted by molar-refractivity contribution is 0.753. The van der Waals surface area contributed by atoms with Gasteiger partial charge in [0.1, 0.15) is 0 Å². The van der Waals surface area contributed by atoms with Crippen LogP contribution in [-0.2, 0) is 6.54 Å². The first-order chi connectivity index (χ1) is 8.43. The largest absolute Gasteiger partial charge is 0.332 e. The highest BCUT2D eigenvalue weighted by molar-refractivity contribution is 5.34. The molecule has 0 aliphatic heterocycles. The van der Waals surface area contributed by atoms with E-state index >= 15 is 0 Å². The third-order valence-corrected chi connectivity index (χ3v) is 2.77. The fourth-order valence-corrected chi connectivity index (χ4v) is 1.95. The molecule has 0 N–H and O–H groups in total. The molecular weight excluding hydrogens is 210 g/mol. The first-order valence-corrected chi connectivity index (χ1v) is 5.61. The second-order valence-electron chi connectivity index (χ2n) is 3.94. The summed E-state index contributed by atoms with van der Waals surface area (Å²) in [6, 6.07) is 14.6. The molecule has 3 aromatic rings. The summed E-state index contributed by atoms with van der Waals surface area (Å²) in [5.74, 6) is 0. The summed E-state index contributed by atoms with van der Waals surface area (Å²) in [4.78, 5) is 4.06. The Balaban J connectivity index is 1.95. The predicted octanol–water partition coefficient (Wildman–Crippen LogP) is 2.72. The summed E-state index contributed by atoms with van der Waals surface area (Å²) in [5.41, 5.74) is 2.43. The lowest BCUT2D eigenvalue weighted by Crippen LogP contribution is -2.03. The molecule has 0 amide bonds. The zero-order valence-electron chi connectivity index (χ0n) is 9.40. The minimum Gasteiger partial charge on any atom is -0.332 e. The van der Waals surface area contributed by atoms with E-state index in [2.05, 4.69) is 56.7 Å². The molecule has 1 aromatic carbocycles. The van der Waals surface area contributed by atoms with E-state index in [1.54, 1.807) is 6.20 Å². The molecule has 2 heterocycles. The molecule has 0 spiro atoms. The summed E-state index contributed by atoms with van der Waals surface area (Å²) < 4.78 is 4.26. The van der Waals surface area contributed by atoms with Gasteiger partial charge < -0.3 is 9.13 Å². The van der Waals surface area contributed by atoms with Gasteiger partial charge in [-0.1, -0.05) is 18.2 Å². The Kier molecular flexibility index (Phi) is 2.50. The molecule has 84 valence electrons. The number of imidazole rings is 1. The van der Waals surface area contributed by atoms with Crippen LogP contribution in [0.3, 0.4) is 0 Å². The van der Waals surface area contributed by atoms with E-state index in [-0.39, 0.29) is 0 Å². The number of benzene rings is 1. The Morgan fingerprint density at radius 3 is 2.59 bits per heavy atom. The molecule has 3 heteroatoms. The molecule has 0 saturated carbocycles. The number of rotatable bonds is 3. The predicted molar refractivity (Wildman–Crippen MR) is 67.1 cm³/mol. The summed E-state index contributed by atoms with van der Waals surface area (Å²) in [7, 11) is 0. The average Bonchev–Trinajstić information content (AvgIpc) is 3.02. The van der Waals surface area contributed by atoms with Crippen molar-refractivity contribution in [2.24, 2.45) is 0 Å². The number of para-hydroxylation sites is 1. The van der Waals surface area contributed by atoms with Crippen LogP contribution >= 0.6 is 0 Å². The fourth-order valence-electron chi connectivity index (χ4n) is 1.95. The van der Waals surface area contributed by atoms with Crippen molar-refractivity contribution in [2.45, 2.75) is 6.54 Å². The molecular formula is C14H13N3. The maximum Gasteiger partial charge on any atom is 0.0949 e. The molecule has 0 aliphatic rings. The van der Waals surface area contributed by atoms with Gasteiger partial charge in [0, 0.05) is 30.0 Å². The van der Waals surface area contributed by atoms with Crippen LogP contribution in [0.4, 0.5) is 0 Å². The average molecular weight is 223 g/mol. The quantitative estimate of drug-likeness (QED) is 0.669. The number of hydrogen-bond donors (Lipinski definition) is 0. The summed E-state index contributed by atoms with van der Waals surface area (Å²) >= 11 is 0. The van der Waals surface area contributed by atoms with Crippen LogP contribution < -0.4 is 0 Å². The molecule has 0 radical (unpaired) electrons. The lowest BCUT2D eigenvalue weighted by Gasteiger charge is -2.09. The van der Waals surface area contributed by atoms with Gasteiger partial charge in [-0.3, -0.25) is 0 Å². The first kappa shape index (κ1) is 9.90. The summed E-state index contributed by atoms with van der Waals surface area (Å²) in [6.45, 7) is 0.835. The Morgan fingerprint density at radius 1 is 0.941 bits per heavy atom. The van der Waals surface area contributed by atoms with Crippen molar-refractivity contribution in [3.05, 3.63) is 73.1 Å². The minimum atomic E-state index is 0.835. The van der Waals surface area contributed by atoms with Gasteiger partial charge in [-0.05, 0) is 24.3 Å². The van der Waals surface area contributed by atoms with Crippen molar-refractivity contribution in [3.63, 3.8) is 0 Å². The van der Waals surface area contributed by atoms with Crippen LogP contribution in [0.15, 0.2) is 67.4 Å². The minimum absolute atomic E-state index is 0.835. The third kappa shape index (κ3) is 1.99. The molecule has 3 rings (SSSR count). The van der Waals surface area contributed by atoms with Gasteiger partial charge in [-0.15, -0.1) is 0 Å². The molecule has 0 unspecified atom stereocenters. The molecule has 0 bridgehead atoms. The Morgan fingerprint density at radius 2 is 1.82 bits per heavy atom. The van der Waals surface area contributed by atoms with Crippen molar-refractivity contribution in [1.82, 2.24) is 14.1 Å². The number of nitrogens with zero attached hydrogens (tertiary/aromatic N) is 3. The maximum absolute atomic E-state index is 4.06. The second-order valence-corrected chi connectivity index (χ2v) is 3.94. The molecule has 17 heavy (non-hydrogen) atoms. The van der Waals surface area contributed by atoms with Gasteiger partial charge in [-0.2, -0.15) is 0 Å². The van der Waals surface area contributed by atoms with Gasteiger partial charge in [0.15, 0.2) is 0 Å². The van der Waals surface area contributed by atoms with Crippen molar-refractivity contribution in [3.8, 4) is 5.69 Å². The van der Waals surface area contributed by atoms with Crippen LogP contribution in [-0.4, -0.2) is 14.1 Å². The highest BCUT2D eigenvalue weighted by Gasteiger charge is 2.02. The number of aromatic nitrogens is 3.